The van der Waals surface area contributed by atoms with Crippen LogP contribution in [0.1, 0.15) is 39.0 Å². The lowest BCUT2D eigenvalue weighted by Crippen LogP contribution is -2.36. The maximum atomic E-state index is 5.57. The Kier molecular flexibility index (Phi) is 4.64. The van der Waals surface area contributed by atoms with Crippen LogP contribution in [0.3, 0.4) is 0 Å². The van der Waals surface area contributed by atoms with E-state index in [0.717, 1.165) is 30.3 Å². The van der Waals surface area contributed by atoms with Crippen molar-refractivity contribution in [1.29, 1.82) is 0 Å². The minimum Gasteiger partial charge on any atom is -0.496 e. The van der Waals surface area contributed by atoms with Crippen molar-refractivity contribution in [1.82, 2.24) is 14.9 Å². The van der Waals surface area contributed by atoms with Crippen molar-refractivity contribution in [2.75, 3.05) is 13.7 Å². The number of aromatic nitrogens is 2. The van der Waals surface area contributed by atoms with Gasteiger partial charge in [-0.1, -0.05) is 24.3 Å². The second kappa shape index (κ2) is 7.32. The second-order valence-electron chi connectivity index (χ2n) is 7.72. The Hall–Kier alpha value is -2.63. The van der Waals surface area contributed by atoms with E-state index in [1.165, 1.54) is 38.9 Å². The molecule has 0 fully saturated rings. The number of hydrogen-bond acceptors (Lipinski definition) is 4. The Morgan fingerprint density at radius 2 is 2.03 bits per heavy atom. The van der Waals surface area contributed by atoms with Gasteiger partial charge >= 0.3 is 0 Å². The van der Waals surface area contributed by atoms with E-state index >= 15 is 0 Å². The second-order valence-corrected chi connectivity index (χ2v) is 8.70. The third kappa shape index (κ3) is 3.05. The Labute approximate surface area is 175 Å². The van der Waals surface area contributed by atoms with Crippen LogP contribution in [0.25, 0.3) is 10.9 Å². The van der Waals surface area contributed by atoms with Gasteiger partial charge in [0.1, 0.15) is 10.8 Å². The molecule has 1 aliphatic heterocycles. The van der Waals surface area contributed by atoms with Gasteiger partial charge in [0, 0.05) is 34.7 Å². The predicted molar refractivity (Wildman–Crippen MR) is 119 cm³/mol. The van der Waals surface area contributed by atoms with Crippen LogP contribution in [0.4, 0.5) is 0 Å². The molecule has 0 saturated heterocycles. The molecule has 5 heteroatoms. The summed E-state index contributed by atoms with van der Waals surface area (Å²) in [7, 11) is 1.74. The summed E-state index contributed by atoms with van der Waals surface area (Å²) in [4.78, 5) is 10.9. The lowest BCUT2D eigenvalue weighted by atomic mass is 9.88. The SMILES string of the molecule is COc1ccc([C@@H]2c3[nH]c4ccccc4c3CCN2Cc2nccs2)c(C)c1C. The van der Waals surface area contributed by atoms with Gasteiger partial charge in [0.2, 0.25) is 0 Å². The van der Waals surface area contributed by atoms with E-state index in [1.54, 1.807) is 18.4 Å². The van der Waals surface area contributed by atoms with Gasteiger partial charge in [0.05, 0.1) is 19.7 Å². The van der Waals surface area contributed by atoms with Crippen LogP contribution in [-0.4, -0.2) is 28.5 Å². The van der Waals surface area contributed by atoms with E-state index in [9.17, 15) is 0 Å². The molecule has 4 nitrogen and oxygen atoms in total. The van der Waals surface area contributed by atoms with Crippen LogP contribution in [-0.2, 0) is 13.0 Å². The third-order valence-electron chi connectivity index (χ3n) is 6.25. The Morgan fingerprint density at radius 1 is 1.17 bits per heavy atom. The zero-order valence-electron chi connectivity index (χ0n) is 17.0. The summed E-state index contributed by atoms with van der Waals surface area (Å²) < 4.78 is 5.57. The summed E-state index contributed by atoms with van der Waals surface area (Å²) in [5.74, 6) is 0.949. The van der Waals surface area contributed by atoms with Crippen molar-refractivity contribution in [3.8, 4) is 5.75 Å². The molecular formula is C24H25N3OS. The van der Waals surface area contributed by atoms with Crippen molar-refractivity contribution < 1.29 is 4.74 Å². The first kappa shape index (κ1) is 18.4. The molecular weight excluding hydrogens is 378 g/mol. The summed E-state index contributed by atoms with van der Waals surface area (Å²) >= 11 is 1.73. The van der Waals surface area contributed by atoms with Crippen molar-refractivity contribution in [2.24, 2.45) is 0 Å². The quantitative estimate of drug-likeness (QED) is 0.496. The standard InChI is InChI=1S/C24H25N3OS/c1-15-16(2)21(28-3)9-8-17(15)24-23-19(18-6-4-5-7-20(18)26-23)10-12-27(24)14-22-25-11-13-29-22/h4-9,11,13,24,26H,10,12,14H2,1-3H3/t24-/m1/s1. The number of aromatic amines is 1. The van der Waals surface area contributed by atoms with Crippen molar-refractivity contribution in [3.05, 3.63) is 80.9 Å². The van der Waals surface area contributed by atoms with Crippen molar-refractivity contribution in [2.45, 2.75) is 32.9 Å². The molecule has 5 rings (SSSR count). The highest BCUT2D eigenvalue weighted by molar-refractivity contribution is 7.09. The van der Waals surface area contributed by atoms with Crippen molar-refractivity contribution in [3.63, 3.8) is 0 Å². The number of rotatable bonds is 4. The lowest BCUT2D eigenvalue weighted by Gasteiger charge is -2.36. The van der Waals surface area contributed by atoms with Gasteiger partial charge in [-0.25, -0.2) is 4.98 Å². The predicted octanol–water partition coefficient (Wildman–Crippen LogP) is 5.40. The average molecular weight is 404 g/mol. The molecule has 0 unspecified atom stereocenters. The molecule has 2 aromatic heterocycles. The fraction of sp³-hybridized carbons (Fsp3) is 0.292. The number of fused-ring (bicyclic) bond motifs is 3. The van der Waals surface area contributed by atoms with Gasteiger partial charge in [-0.05, 0) is 54.7 Å². The molecule has 0 saturated carbocycles. The van der Waals surface area contributed by atoms with Gasteiger partial charge in [-0.3, -0.25) is 4.90 Å². The largest absolute Gasteiger partial charge is 0.496 e. The van der Waals surface area contributed by atoms with Gasteiger partial charge in [0.25, 0.3) is 0 Å². The highest BCUT2D eigenvalue weighted by Gasteiger charge is 2.33. The van der Waals surface area contributed by atoms with Gasteiger partial charge in [0.15, 0.2) is 0 Å². The Balaban J connectivity index is 1.68. The molecule has 1 atom stereocenters. The van der Waals surface area contributed by atoms with Gasteiger partial charge < -0.3 is 9.72 Å². The molecule has 0 amide bonds. The molecule has 0 radical (unpaired) electrons. The van der Waals surface area contributed by atoms with E-state index in [-0.39, 0.29) is 6.04 Å². The number of nitrogens with one attached hydrogen (secondary N) is 1. The topological polar surface area (TPSA) is 41.1 Å². The van der Waals surface area contributed by atoms with E-state index in [4.69, 9.17) is 4.74 Å². The maximum Gasteiger partial charge on any atom is 0.122 e. The van der Waals surface area contributed by atoms with Crippen LogP contribution < -0.4 is 4.74 Å². The minimum absolute atomic E-state index is 0.180. The number of H-pyrrole nitrogens is 1. The molecule has 0 spiro atoms. The zero-order valence-corrected chi connectivity index (χ0v) is 17.8. The average Bonchev–Trinajstić information content (AvgIpc) is 3.38. The molecule has 29 heavy (non-hydrogen) atoms. The van der Waals surface area contributed by atoms with E-state index < -0.39 is 0 Å². The fourth-order valence-electron chi connectivity index (χ4n) is 4.65. The molecule has 0 bridgehead atoms. The Bertz CT molecular complexity index is 1160. The summed E-state index contributed by atoms with van der Waals surface area (Å²) in [5, 5.41) is 4.58. The first-order chi connectivity index (χ1) is 14.2. The smallest absolute Gasteiger partial charge is 0.122 e. The number of para-hydroxylation sites is 1. The minimum atomic E-state index is 0.180. The number of ether oxygens (including phenoxy) is 1. The number of benzene rings is 2. The van der Waals surface area contributed by atoms with Crippen LogP contribution in [0.2, 0.25) is 0 Å². The molecule has 2 aromatic carbocycles. The maximum absolute atomic E-state index is 5.57. The fourth-order valence-corrected chi connectivity index (χ4v) is 5.29. The molecule has 0 aliphatic carbocycles. The van der Waals surface area contributed by atoms with Crippen molar-refractivity contribution >= 4 is 22.2 Å². The van der Waals surface area contributed by atoms with E-state index in [1.807, 2.05) is 6.20 Å². The highest BCUT2D eigenvalue weighted by Crippen LogP contribution is 2.41. The molecule has 1 aliphatic rings. The van der Waals surface area contributed by atoms with E-state index in [2.05, 4.69) is 70.5 Å². The highest BCUT2D eigenvalue weighted by atomic mass is 32.1. The number of hydrogen-bond donors (Lipinski definition) is 1. The number of nitrogens with zero attached hydrogens (tertiary/aromatic N) is 2. The third-order valence-corrected chi connectivity index (χ3v) is 7.01. The monoisotopic (exact) mass is 403 g/mol. The molecule has 1 N–H and O–H groups in total. The summed E-state index contributed by atoms with van der Waals surface area (Å²) in [6, 6.07) is 13.2. The first-order valence-electron chi connectivity index (χ1n) is 10.0. The molecule has 148 valence electrons. The van der Waals surface area contributed by atoms with Crippen LogP contribution in [0.5, 0.6) is 5.75 Å². The van der Waals surface area contributed by atoms with Crippen LogP contribution >= 0.6 is 11.3 Å². The van der Waals surface area contributed by atoms with Crippen LogP contribution in [0, 0.1) is 13.8 Å². The van der Waals surface area contributed by atoms with Gasteiger partial charge in [-0.15, -0.1) is 11.3 Å². The molecule has 4 aromatic rings. The van der Waals surface area contributed by atoms with Crippen LogP contribution in [0.15, 0.2) is 48.0 Å². The normalized spacial score (nSPS) is 16.9. The molecule has 3 heterocycles. The summed E-state index contributed by atoms with van der Waals surface area (Å²) in [6.45, 7) is 6.24. The van der Waals surface area contributed by atoms with Gasteiger partial charge in [-0.2, -0.15) is 0 Å². The number of methoxy groups -OCH3 is 1. The first-order valence-corrected chi connectivity index (χ1v) is 10.9. The Morgan fingerprint density at radius 3 is 2.83 bits per heavy atom. The van der Waals surface area contributed by atoms with E-state index in [0.29, 0.717) is 0 Å². The lowest BCUT2D eigenvalue weighted by molar-refractivity contribution is 0.201. The summed E-state index contributed by atoms with van der Waals surface area (Å²) in [5.41, 5.74) is 7.84. The zero-order chi connectivity index (χ0) is 20.0. The summed E-state index contributed by atoms with van der Waals surface area (Å²) in [6.07, 6.45) is 2.95. The number of thiazole rings is 1.